The number of unbranched alkanes of at least 4 members (excludes halogenated alkanes) is 3. The molecule has 2 rings (SSSR count). The normalized spacial score (nSPS) is 14.7. The van der Waals surface area contributed by atoms with Crippen molar-refractivity contribution < 1.29 is 19.5 Å². The van der Waals surface area contributed by atoms with Crippen molar-refractivity contribution in [3.05, 3.63) is 24.0 Å². The van der Waals surface area contributed by atoms with Gasteiger partial charge in [-0.25, -0.2) is 5.48 Å². The minimum Gasteiger partial charge on any atom is -0.392 e. The molecule has 1 aliphatic carbocycles. The monoisotopic (exact) mass is 377 g/mol. The summed E-state index contributed by atoms with van der Waals surface area (Å²) in [7, 11) is 0. The number of aromatic nitrogens is 1. The van der Waals surface area contributed by atoms with Crippen molar-refractivity contribution in [1.82, 2.24) is 10.5 Å². The second-order valence-electron chi connectivity index (χ2n) is 7.11. The number of aliphatic hydroxyl groups is 1. The van der Waals surface area contributed by atoms with Crippen LogP contribution >= 0.6 is 0 Å². The number of carbonyl (C=O) groups excluding carboxylic acids is 2. The van der Waals surface area contributed by atoms with Crippen LogP contribution in [0.3, 0.4) is 0 Å². The zero-order chi connectivity index (χ0) is 19.3. The first kappa shape index (κ1) is 21.3. The molecule has 27 heavy (non-hydrogen) atoms. The molecule has 1 fully saturated rings. The van der Waals surface area contributed by atoms with Crippen LogP contribution in [0.1, 0.15) is 76.2 Å². The Balaban J connectivity index is 1.47. The maximum atomic E-state index is 11.9. The zero-order valence-corrected chi connectivity index (χ0v) is 15.9. The van der Waals surface area contributed by atoms with Crippen molar-refractivity contribution in [3.63, 3.8) is 0 Å². The van der Waals surface area contributed by atoms with E-state index in [2.05, 4.69) is 15.8 Å². The SMILES string of the molecule is O=C(CCCCCCC(=O)Nc1cncc(CO)c1)NOC1CCCCC1. The number of nitrogens with zero attached hydrogens (tertiary/aromatic N) is 1. The van der Waals surface area contributed by atoms with E-state index < -0.39 is 0 Å². The van der Waals surface area contributed by atoms with E-state index in [1.165, 1.54) is 19.3 Å². The van der Waals surface area contributed by atoms with Gasteiger partial charge < -0.3 is 10.4 Å². The van der Waals surface area contributed by atoms with Crippen LogP contribution in [0.5, 0.6) is 0 Å². The van der Waals surface area contributed by atoms with Crippen LogP contribution in [-0.2, 0) is 21.0 Å². The van der Waals surface area contributed by atoms with Gasteiger partial charge in [-0.2, -0.15) is 0 Å². The molecule has 7 heteroatoms. The number of nitrogens with one attached hydrogen (secondary N) is 2. The maximum Gasteiger partial charge on any atom is 0.243 e. The van der Waals surface area contributed by atoms with Crippen LogP contribution in [0, 0.1) is 0 Å². The van der Waals surface area contributed by atoms with Gasteiger partial charge in [-0.1, -0.05) is 32.1 Å². The summed E-state index contributed by atoms with van der Waals surface area (Å²) in [5.41, 5.74) is 3.83. The predicted octanol–water partition coefficient (Wildman–Crippen LogP) is 3.23. The molecular weight excluding hydrogens is 346 g/mol. The lowest BCUT2D eigenvalue weighted by atomic mass is 9.98. The van der Waals surface area contributed by atoms with E-state index in [1.54, 1.807) is 18.5 Å². The molecule has 1 aromatic rings. The van der Waals surface area contributed by atoms with Gasteiger partial charge in [0.1, 0.15) is 0 Å². The summed E-state index contributed by atoms with van der Waals surface area (Å²) >= 11 is 0. The molecule has 0 unspecified atom stereocenters. The van der Waals surface area contributed by atoms with Crippen LogP contribution in [0.4, 0.5) is 5.69 Å². The molecule has 0 saturated heterocycles. The molecule has 0 aliphatic heterocycles. The topological polar surface area (TPSA) is 101 Å². The lowest BCUT2D eigenvalue weighted by molar-refractivity contribution is -0.140. The predicted molar refractivity (Wildman–Crippen MR) is 103 cm³/mol. The minimum atomic E-state index is -0.101. The number of anilines is 1. The number of pyridine rings is 1. The van der Waals surface area contributed by atoms with Crippen LogP contribution in [0.15, 0.2) is 18.5 Å². The van der Waals surface area contributed by atoms with Crippen molar-refractivity contribution in [2.24, 2.45) is 0 Å². The third-order valence-corrected chi connectivity index (χ3v) is 4.71. The first-order chi connectivity index (χ1) is 13.2. The Morgan fingerprint density at radius 2 is 1.74 bits per heavy atom. The van der Waals surface area contributed by atoms with Gasteiger partial charge in [0.15, 0.2) is 0 Å². The number of carbonyl (C=O) groups is 2. The standard InChI is InChI=1S/C20H31N3O4/c24-15-16-12-17(14-21-13-16)22-19(25)10-6-1-2-7-11-20(26)23-27-18-8-4-3-5-9-18/h12-14,18,24H,1-11,15H2,(H,22,25)(H,23,26). The fourth-order valence-electron chi connectivity index (χ4n) is 3.17. The van der Waals surface area contributed by atoms with E-state index in [0.29, 0.717) is 24.1 Å². The number of hydrogen-bond acceptors (Lipinski definition) is 5. The Kier molecular flexibility index (Phi) is 9.79. The highest BCUT2D eigenvalue weighted by Crippen LogP contribution is 2.19. The lowest BCUT2D eigenvalue weighted by Gasteiger charge is -2.21. The summed E-state index contributed by atoms with van der Waals surface area (Å²) in [6.07, 6.45) is 13.2. The summed E-state index contributed by atoms with van der Waals surface area (Å²) < 4.78 is 0. The smallest absolute Gasteiger partial charge is 0.243 e. The number of amides is 2. The Labute approximate surface area is 160 Å². The van der Waals surface area contributed by atoms with Crippen molar-refractivity contribution in [1.29, 1.82) is 0 Å². The van der Waals surface area contributed by atoms with Crippen molar-refractivity contribution >= 4 is 17.5 Å². The Morgan fingerprint density at radius 1 is 1.04 bits per heavy atom. The van der Waals surface area contributed by atoms with E-state index >= 15 is 0 Å². The van der Waals surface area contributed by atoms with E-state index in [9.17, 15) is 9.59 Å². The highest BCUT2D eigenvalue weighted by molar-refractivity contribution is 5.90. The molecule has 1 aliphatic rings. The zero-order valence-electron chi connectivity index (χ0n) is 15.9. The summed E-state index contributed by atoms with van der Waals surface area (Å²) in [5, 5.41) is 11.9. The molecule has 2 amide bonds. The fourth-order valence-corrected chi connectivity index (χ4v) is 3.17. The molecule has 150 valence electrons. The molecule has 0 spiro atoms. The molecule has 7 nitrogen and oxygen atoms in total. The van der Waals surface area contributed by atoms with Crippen LogP contribution in [0.2, 0.25) is 0 Å². The van der Waals surface area contributed by atoms with Gasteiger partial charge >= 0.3 is 0 Å². The van der Waals surface area contributed by atoms with Gasteiger partial charge in [-0.3, -0.25) is 19.4 Å². The Hall–Kier alpha value is -1.99. The molecular formula is C20H31N3O4. The Morgan fingerprint density at radius 3 is 2.44 bits per heavy atom. The second-order valence-corrected chi connectivity index (χ2v) is 7.11. The molecule has 3 N–H and O–H groups in total. The van der Waals surface area contributed by atoms with Crippen molar-refractivity contribution in [2.45, 2.75) is 83.3 Å². The maximum absolute atomic E-state index is 11.9. The van der Waals surface area contributed by atoms with Gasteiger partial charge in [-0.15, -0.1) is 0 Å². The highest BCUT2D eigenvalue weighted by atomic mass is 16.7. The largest absolute Gasteiger partial charge is 0.392 e. The molecule has 1 saturated carbocycles. The van der Waals surface area contributed by atoms with Crippen molar-refractivity contribution in [3.8, 4) is 0 Å². The number of hydroxylamine groups is 1. The second kappa shape index (κ2) is 12.4. The molecule has 0 atom stereocenters. The van der Waals surface area contributed by atoms with Gasteiger partial charge in [0.25, 0.3) is 0 Å². The summed E-state index contributed by atoms with van der Waals surface area (Å²) in [6.45, 7) is -0.101. The van der Waals surface area contributed by atoms with Crippen LogP contribution in [0.25, 0.3) is 0 Å². The lowest BCUT2D eigenvalue weighted by Crippen LogP contribution is -2.30. The van der Waals surface area contributed by atoms with Crippen LogP contribution < -0.4 is 10.8 Å². The number of aliphatic hydroxyl groups excluding tert-OH is 1. The first-order valence-electron chi connectivity index (χ1n) is 9.96. The highest BCUT2D eigenvalue weighted by Gasteiger charge is 2.15. The quantitative estimate of drug-likeness (QED) is 0.406. The van der Waals surface area contributed by atoms with Crippen LogP contribution in [-0.4, -0.2) is 28.0 Å². The summed E-state index contributed by atoms with van der Waals surface area (Å²) in [5.74, 6) is -0.125. The fraction of sp³-hybridized carbons (Fsp3) is 0.650. The molecule has 1 heterocycles. The summed E-state index contributed by atoms with van der Waals surface area (Å²) in [4.78, 5) is 33.1. The molecule has 0 aromatic carbocycles. The number of rotatable bonds is 11. The third kappa shape index (κ3) is 8.97. The van der Waals surface area contributed by atoms with E-state index in [1.807, 2.05) is 0 Å². The minimum absolute atomic E-state index is 0.0606. The van der Waals surface area contributed by atoms with E-state index in [0.717, 1.165) is 38.5 Å². The van der Waals surface area contributed by atoms with Gasteiger partial charge in [0, 0.05) is 19.0 Å². The Bertz CT molecular complexity index is 588. The average Bonchev–Trinajstić information content (AvgIpc) is 2.70. The van der Waals surface area contributed by atoms with E-state index in [-0.39, 0.29) is 24.5 Å². The van der Waals surface area contributed by atoms with Gasteiger partial charge in [-0.05, 0) is 37.3 Å². The first-order valence-corrected chi connectivity index (χ1v) is 9.96. The average molecular weight is 377 g/mol. The van der Waals surface area contributed by atoms with Gasteiger partial charge in [0.05, 0.1) is 24.6 Å². The molecule has 0 radical (unpaired) electrons. The van der Waals surface area contributed by atoms with E-state index in [4.69, 9.17) is 9.94 Å². The molecule has 0 bridgehead atoms. The third-order valence-electron chi connectivity index (χ3n) is 4.71. The number of hydrogen-bond donors (Lipinski definition) is 3. The molecule has 1 aromatic heterocycles. The van der Waals surface area contributed by atoms with Gasteiger partial charge in [0.2, 0.25) is 11.8 Å². The summed E-state index contributed by atoms with van der Waals surface area (Å²) in [6, 6.07) is 1.71. The van der Waals surface area contributed by atoms with Crippen molar-refractivity contribution in [2.75, 3.05) is 5.32 Å².